The fraction of sp³-hybridized carbons (Fsp3) is 0.625. The van der Waals surface area contributed by atoms with E-state index in [4.69, 9.17) is 0 Å². The summed E-state index contributed by atoms with van der Waals surface area (Å²) in [6.45, 7) is 6.13. The van der Waals surface area contributed by atoms with Gasteiger partial charge in [-0.2, -0.15) is 0 Å². The second kappa shape index (κ2) is 5.30. The summed E-state index contributed by atoms with van der Waals surface area (Å²) in [5, 5.41) is 6.29. The molecule has 1 atom stereocenters. The Bertz CT molecular complexity index is 614. The molecule has 1 saturated heterocycles. The number of piperidine rings is 1. The van der Waals surface area contributed by atoms with Crippen LogP contribution >= 0.6 is 0 Å². The van der Waals surface area contributed by atoms with Gasteiger partial charge in [0, 0.05) is 23.7 Å². The first-order valence-electron chi connectivity index (χ1n) is 7.70. The Balaban J connectivity index is 1.61. The second-order valence-corrected chi connectivity index (χ2v) is 6.53. The number of amides is 1. The molecule has 2 heterocycles. The Morgan fingerprint density at radius 3 is 2.76 bits per heavy atom. The zero-order chi connectivity index (χ0) is 15.0. The van der Waals surface area contributed by atoms with Gasteiger partial charge in [0.1, 0.15) is 0 Å². The second-order valence-electron chi connectivity index (χ2n) is 6.53. The molecule has 5 heteroatoms. The maximum atomic E-state index is 12.3. The first-order chi connectivity index (χ1) is 10.0. The summed E-state index contributed by atoms with van der Waals surface area (Å²) in [5.74, 6) is 0.251. The molecule has 1 aromatic heterocycles. The van der Waals surface area contributed by atoms with Crippen LogP contribution in [0.3, 0.4) is 0 Å². The highest BCUT2D eigenvalue weighted by atomic mass is 16.2. The number of rotatable bonds is 3. The van der Waals surface area contributed by atoms with Crippen molar-refractivity contribution in [2.75, 3.05) is 13.1 Å². The molecule has 0 bridgehead atoms. The van der Waals surface area contributed by atoms with Gasteiger partial charge in [0.15, 0.2) is 0 Å². The zero-order valence-electron chi connectivity index (χ0n) is 12.7. The average molecular weight is 289 g/mol. The van der Waals surface area contributed by atoms with Gasteiger partial charge in [-0.25, -0.2) is 0 Å². The number of carbonyl (C=O) groups is 1. The number of carbonyl (C=O) groups excluding carboxylic acids is 1. The van der Waals surface area contributed by atoms with Crippen molar-refractivity contribution in [2.24, 2.45) is 11.3 Å². The van der Waals surface area contributed by atoms with E-state index in [2.05, 4.69) is 15.6 Å². The standard InChI is InChI=1S/C16H23N3O2/c1-10-7-11(2)19-14(20)12(10)9-18-15(21)13-8-16(13)3-5-17-6-4-16/h7,13,17H,3-6,8-9H2,1-2H3,(H,18,21)(H,19,20). The summed E-state index contributed by atoms with van der Waals surface area (Å²) in [6, 6.07) is 1.94. The van der Waals surface area contributed by atoms with Gasteiger partial charge in [0.05, 0.1) is 0 Å². The topological polar surface area (TPSA) is 74.0 Å². The first-order valence-corrected chi connectivity index (χ1v) is 7.70. The number of hydrogen-bond acceptors (Lipinski definition) is 3. The molecule has 3 rings (SSSR count). The fourth-order valence-electron chi connectivity index (χ4n) is 3.60. The lowest BCUT2D eigenvalue weighted by Crippen LogP contribution is -2.34. The van der Waals surface area contributed by atoms with Crippen LogP contribution < -0.4 is 16.2 Å². The van der Waals surface area contributed by atoms with Gasteiger partial charge in [0.25, 0.3) is 5.56 Å². The molecule has 1 amide bonds. The molecule has 1 aliphatic carbocycles. The van der Waals surface area contributed by atoms with Gasteiger partial charge < -0.3 is 15.6 Å². The molecule has 0 aromatic carbocycles. The van der Waals surface area contributed by atoms with Crippen LogP contribution in [-0.4, -0.2) is 24.0 Å². The summed E-state index contributed by atoms with van der Waals surface area (Å²) in [4.78, 5) is 27.0. The minimum absolute atomic E-state index is 0.0971. The summed E-state index contributed by atoms with van der Waals surface area (Å²) >= 11 is 0. The first kappa shape index (κ1) is 14.3. The van der Waals surface area contributed by atoms with E-state index in [1.807, 2.05) is 19.9 Å². The van der Waals surface area contributed by atoms with E-state index in [1.165, 1.54) is 0 Å². The van der Waals surface area contributed by atoms with Gasteiger partial charge in [-0.1, -0.05) is 0 Å². The highest BCUT2D eigenvalue weighted by Gasteiger charge is 2.57. The minimum Gasteiger partial charge on any atom is -0.352 e. The van der Waals surface area contributed by atoms with E-state index in [9.17, 15) is 9.59 Å². The predicted octanol–water partition coefficient (Wildman–Crippen LogP) is 0.998. The Morgan fingerprint density at radius 1 is 1.38 bits per heavy atom. The molecule has 0 radical (unpaired) electrons. The van der Waals surface area contributed by atoms with Gasteiger partial charge in [0.2, 0.25) is 5.91 Å². The third-order valence-corrected chi connectivity index (χ3v) is 5.04. The van der Waals surface area contributed by atoms with E-state index in [-0.39, 0.29) is 22.8 Å². The van der Waals surface area contributed by atoms with Crippen LogP contribution in [0.1, 0.15) is 36.1 Å². The summed E-state index contributed by atoms with van der Waals surface area (Å²) in [6.07, 6.45) is 3.19. The molecule has 1 spiro atoms. The highest BCUT2D eigenvalue weighted by Crippen LogP contribution is 2.58. The van der Waals surface area contributed by atoms with Crippen molar-refractivity contribution in [3.63, 3.8) is 0 Å². The van der Waals surface area contributed by atoms with Crippen molar-refractivity contribution in [3.8, 4) is 0 Å². The molecule has 21 heavy (non-hydrogen) atoms. The Kier molecular flexibility index (Phi) is 3.61. The maximum Gasteiger partial charge on any atom is 0.253 e. The highest BCUT2D eigenvalue weighted by molar-refractivity contribution is 5.82. The van der Waals surface area contributed by atoms with Crippen LogP contribution in [0.4, 0.5) is 0 Å². The third kappa shape index (κ3) is 2.75. The number of H-pyrrole nitrogens is 1. The van der Waals surface area contributed by atoms with Gasteiger partial charge in [-0.05, 0) is 63.2 Å². The van der Waals surface area contributed by atoms with Crippen molar-refractivity contribution in [1.82, 2.24) is 15.6 Å². The van der Waals surface area contributed by atoms with Gasteiger partial charge in [-0.3, -0.25) is 9.59 Å². The van der Waals surface area contributed by atoms with Gasteiger partial charge in [-0.15, -0.1) is 0 Å². The van der Waals surface area contributed by atoms with E-state index >= 15 is 0 Å². The van der Waals surface area contributed by atoms with Gasteiger partial charge >= 0.3 is 0 Å². The number of aromatic nitrogens is 1. The molecule has 1 unspecified atom stereocenters. The van der Waals surface area contributed by atoms with Crippen molar-refractivity contribution in [2.45, 2.75) is 39.7 Å². The number of pyridine rings is 1. The average Bonchev–Trinajstić information content (AvgIpc) is 3.11. The van der Waals surface area contributed by atoms with Crippen LogP contribution in [0.5, 0.6) is 0 Å². The van der Waals surface area contributed by atoms with E-state index in [0.717, 1.165) is 43.6 Å². The Labute approximate surface area is 124 Å². The summed E-state index contributed by atoms with van der Waals surface area (Å²) in [7, 11) is 0. The number of aromatic amines is 1. The molecule has 3 N–H and O–H groups in total. The SMILES string of the molecule is Cc1cc(C)c(CNC(=O)C2CC23CCNCC3)c(=O)[nH]1. The smallest absolute Gasteiger partial charge is 0.253 e. The van der Waals surface area contributed by atoms with E-state index in [0.29, 0.717) is 12.1 Å². The van der Waals surface area contributed by atoms with Crippen LogP contribution in [0.2, 0.25) is 0 Å². The number of aryl methyl sites for hydroxylation is 2. The van der Waals surface area contributed by atoms with Crippen molar-refractivity contribution < 1.29 is 4.79 Å². The quantitative estimate of drug-likeness (QED) is 0.777. The van der Waals surface area contributed by atoms with Crippen molar-refractivity contribution >= 4 is 5.91 Å². The lowest BCUT2D eigenvalue weighted by molar-refractivity contribution is -0.123. The predicted molar refractivity (Wildman–Crippen MR) is 81.0 cm³/mol. The molecular formula is C16H23N3O2. The van der Waals surface area contributed by atoms with Crippen molar-refractivity contribution in [1.29, 1.82) is 0 Å². The van der Waals surface area contributed by atoms with Crippen LogP contribution in [0.25, 0.3) is 0 Å². The van der Waals surface area contributed by atoms with Crippen LogP contribution in [-0.2, 0) is 11.3 Å². The monoisotopic (exact) mass is 289 g/mol. The molecule has 1 aromatic rings. The largest absolute Gasteiger partial charge is 0.352 e. The van der Waals surface area contributed by atoms with Crippen LogP contribution in [0, 0.1) is 25.2 Å². The molecule has 114 valence electrons. The minimum atomic E-state index is -0.0971. The lowest BCUT2D eigenvalue weighted by Gasteiger charge is -2.23. The number of hydrogen-bond donors (Lipinski definition) is 3. The fourth-order valence-corrected chi connectivity index (χ4v) is 3.60. The molecule has 5 nitrogen and oxygen atoms in total. The van der Waals surface area contributed by atoms with Crippen LogP contribution in [0.15, 0.2) is 10.9 Å². The summed E-state index contributed by atoms with van der Waals surface area (Å²) < 4.78 is 0. The normalized spacial score (nSPS) is 23.0. The summed E-state index contributed by atoms with van der Waals surface area (Å²) in [5.41, 5.74) is 2.59. The molecule has 1 saturated carbocycles. The van der Waals surface area contributed by atoms with E-state index in [1.54, 1.807) is 0 Å². The Morgan fingerprint density at radius 2 is 2.10 bits per heavy atom. The molecule has 2 aliphatic rings. The maximum absolute atomic E-state index is 12.3. The number of nitrogens with one attached hydrogen (secondary N) is 3. The molecule has 1 aliphatic heterocycles. The van der Waals surface area contributed by atoms with E-state index < -0.39 is 0 Å². The molecular weight excluding hydrogens is 266 g/mol. The third-order valence-electron chi connectivity index (χ3n) is 5.04. The van der Waals surface area contributed by atoms with Crippen molar-refractivity contribution in [3.05, 3.63) is 33.2 Å². The molecule has 2 fully saturated rings. The Hall–Kier alpha value is -1.62. The lowest BCUT2D eigenvalue weighted by atomic mass is 9.92. The zero-order valence-corrected chi connectivity index (χ0v) is 12.7.